The monoisotopic (exact) mass is 335 g/mol. The summed E-state index contributed by atoms with van der Waals surface area (Å²) in [4.78, 5) is 3.77. The van der Waals surface area contributed by atoms with Gasteiger partial charge in [0.15, 0.2) is 5.69 Å². The van der Waals surface area contributed by atoms with E-state index in [9.17, 15) is 0 Å². The van der Waals surface area contributed by atoms with Gasteiger partial charge in [-0.3, -0.25) is 0 Å². The maximum Gasteiger partial charge on any atom is 0.190 e. The fourth-order valence-electron chi connectivity index (χ4n) is 3.74. The van der Waals surface area contributed by atoms with Crippen molar-refractivity contribution < 1.29 is 4.42 Å². The molecule has 2 nitrogen and oxygen atoms in total. The van der Waals surface area contributed by atoms with Gasteiger partial charge in [-0.05, 0) is 23.1 Å². The summed E-state index contributed by atoms with van der Waals surface area (Å²) in [6, 6.07) is 8.38. The molecule has 0 N–H and O–H groups in total. The largest absolute Gasteiger partial charge is 0.457 e. The Kier molecular flexibility index (Phi) is 3.65. The van der Waals surface area contributed by atoms with Crippen LogP contribution in [0.2, 0.25) is 19.6 Å². The first-order valence-electron chi connectivity index (χ1n) is 8.43. The van der Waals surface area contributed by atoms with E-state index < -0.39 is 8.07 Å². The van der Waals surface area contributed by atoms with Gasteiger partial charge in [0.05, 0.1) is 14.6 Å². The zero-order chi connectivity index (χ0) is 17.9. The van der Waals surface area contributed by atoms with Crippen molar-refractivity contribution in [2.45, 2.75) is 52.8 Å². The number of furan rings is 1. The van der Waals surface area contributed by atoms with Crippen molar-refractivity contribution >= 4 is 40.9 Å². The fraction of sp³-hybridized carbons (Fsp3) is 0.381. The molecule has 0 radical (unpaired) electrons. The van der Waals surface area contributed by atoms with Crippen LogP contribution >= 0.6 is 0 Å². The lowest BCUT2D eigenvalue weighted by atomic mass is 9.83. The first kappa shape index (κ1) is 16.8. The normalized spacial score (nSPS) is 12.8. The predicted octanol–water partition coefficient (Wildman–Crippen LogP) is 6.29. The lowest BCUT2D eigenvalue weighted by Gasteiger charge is -2.21. The summed E-state index contributed by atoms with van der Waals surface area (Å²) in [5, 5.41) is 3.44. The third kappa shape index (κ3) is 2.46. The summed E-state index contributed by atoms with van der Waals surface area (Å²) in [6.07, 6.45) is 0. The molecule has 0 fully saturated rings. The van der Waals surface area contributed by atoms with Gasteiger partial charge < -0.3 is 4.42 Å². The van der Waals surface area contributed by atoms with Crippen LogP contribution in [-0.4, -0.2) is 8.07 Å². The minimum absolute atomic E-state index is 0.0133. The molecule has 0 atom stereocenters. The topological polar surface area (TPSA) is 17.5 Å². The van der Waals surface area contributed by atoms with Crippen LogP contribution in [0.1, 0.15) is 31.9 Å². The maximum atomic E-state index is 7.56. The second-order valence-electron chi connectivity index (χ2n) is 8.68. The van der Waals surface area contributed by atoms with E-state index >= 15 is 0 Å². The number of hydrogen-bond donors (Lipinski definition) is 0. The van der Waals surface area contributed by atoms with E-state index in [4.69, 9.17) is 11.0 Å². The van der Waals surface area contributed by atoms with Crippen LogP contribution in [0, 0.1) is 13.5 Å². The van der Waals surface area contributed by atoms with Crippen molar-refractivity contribution in [2.75, 3.05) is 0 Å². The minimum atomic E-state index is -1.71. The Morgan fingerprint density at radius 2 is 1.54 bits per heavy atom. The van der Waals surface area contributed by atoms with Gasteiger partial charge in [0.1, 0.15) is 11.2 Å². The third-order valence-corrected chi connectivity index (χ3v) is 6.60. The molecule has 0 aliphatic heterocycles. The summed E-state index contributed by atoms with van der Waals surface area (Å²) >= 11 is 0. The number of aryl methyl sites for hydroxylation is 1. The molecule has 0 saturated heterocycles. The second kappa shape index (κ2) is 5.22. The van der Waals surface area contributed by atoms with Crippen LogP contribution in [0.4, 0.5) is 5.69 Å². The molecule has 1 heterocycles. The molecule has 0 aliphatic carbocycles. The summed E-state index contributed by atoms with van der Waals surface area (Å²) in [5.41, 5.74) is 5.19. The zero-order valence-corrected chi connectivity index (χ0v) is 16.7. The highest BCUT2D eigenvalue weighted by atomic mass is 28.3. The summed E-state index contributed by atoms with van der Waals surface area (Å²) in [7, 11) is -1.71. The van der Waals surface area contributed by atoms with Gasteiger partial charge in [-0.25, -0.2) is 4.85 Å². The second-order valence-corrected chi connectivity index (χ2v) is 13.7. The van der Waals surface area contributed by atoms with E-state index in [1.54, 1.807) is 0 Å². The Morgan fingerprint density at radius 1 is 0.958 bits per heavy atom. The number of hydrogen-bond acceptors (Lipinski definition) is 1. The average molecular weight is 336 g/mol. The van der Waals surface area contributed by atoms with Crippen LogP contribution in [0.3, 0.4) is 0 Å². The van der Waals surface area contributed by atoms with Crippen molar-refractivity contribution in [1.82, 2.24) is 0 Å². The fourth-order valence-corrected chi connectivity index (χ4v) is 5.52. The molecule has 0 bridgehead atoms. The lowest BCUT2D eigenvalue weighted by molar-refractivity contribution is 0.569. The van der Waals surface area contributed by atoms with Crippen LogP contribution in [0.25, 0.3) is 26.8 Å². The molecule has 0 spiro atoms. The Labute approximate surface area is 145 Å². The Balaban J connectivity index is 2.56. The molecule has 0 amide bonds. The Morgan fingerprint density at radius 3 is 2.08 bits per heavy atom. The predicted molar refractivity (Wildman–Crippen MR) is 106 cm³/mol. The number of rotatable bonds is 1. The van der Waals surface area contributed by atoms with Crippen molar-refractivity contribution in [3.05, 3.63) is 46.8 Å². The van der Waals surface area contributed by atoms with Gasteiger partial charge in [0.2, 0.25) is 0 Å². The quantitative estimate of drug-likeness (QED) is 0.377. The van der Waals surface area contributed by atoms with Gasteiger partial charge in [-0.1, -0.05) is 64.7 Å². The SMILES string of the molecule is [C-]#[N+]c1ccc2c(oc3c(C(C)(C)C)c(C)ccc32)c1[Si](C)(C)C. The first-order chi connectivity index (χ1) is 11.1. The van der Waals surface area contributed by atoms with E-state index in [0.29, 0.717) is 0 Å². The van der Waals surface area contributed by atoms with Crippen molar-refractivity contribution in [3.8, 4) is 0 Å². The molecule has 0 unspecified atom stereocenters. The number of nitrogens with zero attached hydrogens (tertiary/aromatic N) is 1. The van der Waals surface area contributed by atoms with E-state index in [0.717, 1.165) is 32.8 Å². The van der Waals surface area contributed by atoms with Crippen LogP contribution < -0.4 is 5.19 Å². The molecule has 24 heavy (non-hydrogen) atoms. The summed E-state index contributed by atoms with van der Waals surface area (Å²) in [5.74, 6) is 0. The molecular formula is C21H25NOSi. The molecule has 124 valence electrons. The van der Waals surface area contributed by atoms with Gasteiger partial charge in [-0.2, -0.15) is 0 Å². The van der Waals surface area contributed by atoms with Gasteiger partial charge >= 0.3 is 0 Å². The first-order valence-corrected chi connectivity index (χ1v) is 11.9. The molecule has 3 heteroatoms. The molecule has 0 aliphatic rings. The highest BCUT2D eigenvalue weighted by Gasteiger charge is 2.28. The third-order valence-electron chi connectivity index (χ3n) is 4.62. The van der Waals surface area contributed by atoms with Crippen LogP contribution in [0.5, 0.6) is 0 Å². The van der Waals surface area contributed by atoms with E-state index in [1.165, 1.54) is 11.1 Å². The minimum Gasteiger partial charge on any atom is -0.457 e. The molecular weight excluding hydrogens is 310 g/mol. The summed E-state index contributed by atoms with van der Waals surface area (Å²) in [6.45, 7) is 23.2. The van der Waals surface area contributed by atoms with Crippen LogP contribution in [-0.2, 0) is 5.41 Å². The van der Waals surface area contributed by atoms with Gasteiger partial charge in [0.25, 0.3) is 0 Å². The molecule has 0 saturated carbocycles. The standard InChI is InChI=1S/C21H25NOSi/c1-13-9-10-14-15-11-12-16(22-5)20(24(6,7)8)19(15)23-18(14)17(13)21(2,3)4/h9-12H,1-4,6-8H3. The van der Waals surface area contributed by atoms with E-state index in [1.807, 2.05) is 6.07 Å². The van der Waals surface area contributed by atoms with Gasteiger partial charge in [-0.15, -0.1) is 0 Å². The van der Waals surface area contributed by atoms with Crippen molar-refractivity contribution in [1.29, 1.82) is 0 Å². The summed E-state index contributed by atoms with van der Waals surface area (Å²) < 4.78 is 6.48. The maximum absolute atomic E-state index is 7.56. The smallest absolute Gasteiger partial charge is 0.190 e. The van der Waals surface area contributed by atoms with E-state index in [2.05, 4.69) is 70.4 Å². The molecule has 3 aromatic rings. The average Bonchev–Trinajstić information content (AvgIpc) is 2.80. The van der Waals surface area contributed by atoms with Crippen LogP contribution in [0.15, 0.2) is 28.7 Å². The number of benzene rings is 2. The van der Waals surface area contributed by atoms with E-state index in [-0.39, 0.29) is 5.41 Å². The Bertz CT molecular complexity index is 991. The molecule has 2 aromatic carbocycles. The zero-order valence-electron chi connectivity index (χ0n) is 15.7. The highest BCUT2D eigenvalue weighted by Crippen LogP contribution is 2.39. The van der Waals surface area contributed by atoms with Crippen molar-refractivity contribution in [2.24, 2.45) is 0 Å². The molecule has 3 rings (SSSR count). The Hall–Kier alpha value is -2.05. The lowest BCUT2D eigenvalue weighted by Crippen LogP contribution is -2.38. The highest BCUT2D eigenvalue weighted by molar-refractivity contribution is 6.91. The van der Waals surface area contributed by atoms with Gasteiger partial charge in [0, 0.05) is 16.3 Å². The molecule has 1 aromatic heterocycles. The number of fused-ring (bicyclic) bond motifs is 3. The van der Waals surface area contributed by atoms with Crippen molar-refractivity contribution in [3.63, 3.8) is 0 Å².